The van der Waals surface area contributed by atoms with Gasteiger partial charge in [-0.2, -0.15) is 0 Å². The second-order valence-corrected chi connectivity index (χ2v) is 4.76. The average molecular weight is 279 g/mol. The fraction of sp³-hybridized carbons (Fsp3) is 0.467. The summed E-state index contributed by atoms with van der Waals surface area (Å²) in [5.74, 6) is -0.222. The van der Waals surface area contributed by atoms with E-state index in [0.29, 0.717) is 24.3 Å². The van der Waals surface area contributed by atoms with Crippen LogP contribution < -0.4 is 4.74 Å². The first-order chi connectivity index (χ1) is 9.40. The predicted molar refractivity (Wildman–Crippen MR) is 76.2 cm³/mol. The van der Waals surface area contributed by atoms with Crippen molar-refractivity contribution < 1.29 is 19.4 Å². The summed E-state index contributed by atoms with van der Waals surface area (Å²) >= 11 is 0. The van der Waals surface area contributed by atoms with Crippen molar-refractivity contribution in [2.24, 2.45) is 0 Å². The van der Waals surface area contributed by atoms with Gasteiger partial charge >= 0.3 is 5.97 Å². The van der Waals surface area contributed by atoms with Gasteiger partial charge in [-0.15, -0.1) is 0 Å². The standard InChI is InChI=1S/C15H21NO4/c1-5-13(15(18)19)16(3)9-12-8-11(10(2)17)6-7-14(12)20-4/h6-8,13H,5,9H2,1-4H3,(H,18,19). The molecule has 5 heteroatoms. The lowest BCUT2D eigenvalue weighted by atomic mass is 10.1. The van der Waals surface area contributed by atoms with Crippen LogP contribution in [0, 0.1) is 0 Å². The topological polar surface area (TPSA) is 66.8 Å². The van der Waals surface area contributed by atoms with Gasteiger partial charge in [-0.3, -0.25) is 14.5 Å². The number of hydrogen-bond donors (Lipinski definition) is 1. The van der Waals surface area contributed by atoms with Crippen LogP contribution >= 0.6 is 0 Å². The number of rotatable bonds is 7. The fourth-order valence-electron chi connectivity index (χ4n) is 2.17. The van der Waals surface area contributed by atoms with Gasteiger partial charge < -0.3 is 9.84 Å². The Bertz CT molecular complexity index is 499. The number of Topliss-reactive ketones (excluding diaryl/α,β-unsaturated/α-hetero) is 1. The van der Waals surface area contributed by atoms with E-state index in [1.54, 1.807) is 37.3 Å². The van der Waals surface area contributed by atoms with E-state index in [1.807, 2.05) is 6.92 Å². The Kier molecular flexibility index (Phi) is 5.70. The Hall–Kier alpha value is -1.88. The molecule has 0 heterocycles. The van der Waals surface area contributed by atoms with Gasteiger partial charge in [-0.05, 0) is 38.6 Å². The molecule has 0 saturated carbocycles. The van der Waals surface area contributed by atoms with Gasteiger partial charge in [-0.25, -0.2) is 0 Å². The molecule has 0 saturated heterocycles. The van der Waals surface area contributed by atoms with Crippen LogP contribution in [0.4, 0.5) is 0 Å². The number of nitrogens with zero attached hydrogens (tertiary/aromatic N) is 1. The molecule has 0 aliphatic rings. The molecule has 0 spiro atoms. The molecule has 0 aromatic heterocycles. The van der Waals surface area contributed by atoms with E-state index in [0.717, 1.165) is 5.56 Å². The summed E-state index contributed by atoms with van der Waals surface area (Å²) in [4.78, 5) is 24.3. The summed E-state index contributed by atoms with van der Waals surface area (Å²) in [5.41, 5.74) is 1.40. The molecule has 5 nitrogen and oxygen atoms in total. The molecule has 1 atom stereocenters. The summed E-state index contributed by atoms with van der Waals surface area (Å²) in [7, 11) is 3.31. The molecule has 1 rings (SSSR count). The maximum absolute atomic E-state index is 11.4. The van der Waals surface area contributed by atoms with Crippen LogP contribution in [0.15, 0.2) is 18.2 Å². The molecule has 0 amide bonds. The molecule has 0 aliphatic heterocycles. The molecule has 1 aromatic rings. The summed E-state index contributed by atoms with van der Waals surface area (Å²) in [5, 5.41) is 9.16. The monoisotopic (exact) mass is 279 g/mol. The first-order valence-electron chi connectivity index (χ1n) is 6.51. The molecule has 0 aliphatic carbocycles. The number of aliphatic carboxylic acids is 1. The quantitative estimate of drug-likeness (QED) is 0.775. The summed E-state index contributed by atoms with van der Waals surface area (Å²) in [6.07, 6.45) is 0.514. The summed E-state index contributed by atoms with van der Waals surface area (Å²) < 4.78 is 5.27. The highest BCUT2D eigenvalue weighted by Gasteiger charge is 2.21. The Labute approximate surface area is 119 Å². The van der Waals surface area contributed by atoms with Gasteiger partial charge in [0, 0.05) is 17.7 Å². The number of hydrogen-bond acceptors (Lipinski definition) is 4. The van der Waals surface area contributed by atoms with Gasteiger partial charge in [0.15, 0.2) is 5.78 Å². The smallest absolute Gasteiger partial charge is 0.320 e. The van der Waals surface area contributed by atoms with Crippen LogP contribution in [0.2, 0.25) is 0 Å². The van der Waals surface area contributed by atoms with Crippen molar-refractivity contribution in [1.82, 2.24) is 4.90 Å². The Balaban J connectivity index is 3.02. The molecule has 0 fully saturated rings. The van der Waals surface area contributed by atoms with Crippen molar-refractivity contribution in [3.05, 3.63) is 29.3 Å². The van der Waals surface area contributed by atoms with Crippen molar-refractivity contribution in [3.8, 4) is 5.75 Å². The van der Waals surface area contributed by atoms with E-state index in [9.17, 15) is 9.59 Å². The van der Waals surface area contributed by atoms with Crippen molar-refractivity contribution in [2.75, 3.05) is 14.2 Å². The van der Waals surface area contributed by atoms with Crippen molar-refractivity contribution >= 4 is 11.8 Å². The molecule has 1 N–H and O–H groups in total. The number of carboxylic acid groups (broad SMARTS) is 1. The van der Waals surface area contributed by atoms with E-state index in [2.05, 4.69) is 0 Å². The molecule has 20 heavy (non-hydrogen) atoms. The largest absolute Gasteiger partial charge is 0.496 e. The van der Waals surface area contributed by atoms with E-state index >= 15 is 0 Å². The van der Waals surface area contributed by atoms with Gasteiger partial charge in [-0.1, -0.05) is 6.92 Å². The third-order valence-electron chi connectivity index (χ3n) is 3.31. The zero-order chi connectivity index (χ0) is 15.3. The van der Waals surface area contributed by atoms with Crippen LogP contribution in [-0.4, -0.2) is 42.0 Å². The van der Waals surface area contributed by atoms with Crippen molar-refractivity contribution in [1.29, 1.82) is 0 Å². The highest BCUT2D eigenvalue weighted by molar-refractivity contribution is 5.94. The van der Waals surface area contributed by atoms with Crippen molar-refractivity contribution in [2.45, 2.75) is 32.9 Å². The number of likely N-dealkylation sites (N-methyl/N-ethyl adjacent to an activating group) is 1. The normalized spacial score (nSPS) is 12.2. The van der Waals surface area contributed by atoms with Crippen LogP contribution in [0.5, 0.6) is 5.75 Å². The van der Waals surface area contributed by atoms with E-state index in [4.69, 9.17) is 9.84 Å². The van der Waals surface area contributed by atoms with Gasteiger partial charge in [0.1, 0.15) is 11.8 Å². The van der Waals surface area contributed by atoms with Crippen LogP contribution in [-0.2, 0) is 11.3 Å². The predicted octanol–water partition coefficient (Wildman–Crippen LogP) is 2.19. The fourth-order valence-corrected chi connectivity index (χ4v) is 2.17. The summed E-state index contributed by atoms with van der Waals surface area (Å²) in [6.45, 7) is 3.75. The van der Waals surface area contributed by atoms with Crippen LogP contribution in [0.1, 0.15) is 36.2 Å². The van der Waals surface area contributed by atoms with Crippen molar-refractivity contribution in [3.63, 3.8) is 0 Å². The number of carbonyl (C=O) groups excluding carboxylic acids is 1. The van der Waals surface area contributed by atoms with Crippen LogP contribution in [0.3, 0.4) is 0 Å². The SMILES string of the molecule is CCC(C(=O)O)N(C)Cc1cc(C(C)=O)ccc1OC. The van der Waals surface area contributed by atoms with Gasteiger partial charge in [0.05, 0.1) is 7.11 Å². The lowest BCUT2D eigenvalue weighted by molar-refractivity contribution is -0.143. The maximum atomic E-state index is 11.4. The third-order valence-corrected chi connectivity index (χ3v) is 3.31. The highest BCUT2D eigenvalue weighted by Crippen LogP contribution is 2.22. The Morgan fingerprint density at radius 1 is 1.40 bits per heavy atom. The molecule has 0 bridgehead atoms. The second-order valence-electron chi connectivity index (χ2n) is 4.76. The lowest BCUT2D eigenvalue weighted by Crippen LogP contribution is -2.37. The minimum absolute atomic E-state index is 0.0261. The number of carbonyl (C=O) groups is 2. The number of ether oxygens (including phenoxy) is 1. The third kappa shape index (κ3) is 3.81. The maximum Gasteiger partial charge on any atom is 0.320 e. The number of ketones is 1. The van der Waals surface area contributed by atoms with E-state index in [-0.39, 0.29) is 5.78 Å². The first kappa shape index (κ1) is 16.2. The van der Waals surface area contributed by atoms with Crippen LogP contribution in [0.25, 0.3) is 0 Å². The highest BCUT2D eigenvalue weighted by atomic mass is 16.5. The molecule has 110 valence electrons. The lowest BCUT2D eigenvalue weighted by Gasteiger charge is -2.24. The molecular formula is C15H21NO4. The van der Waals surface area contributed by atoms with Gasteiger partial charge in [0.25, 0.3) is 0 Å². The molecule has 0 radical (unpaired) electrons. The zero-order valence-corrected chi connectivity index (χ0v) is 12.3. The Morgan fingerprint density at radius 2 is 2.05 bits per heavy atom. The number of benzene rings is 1. The number of methoxy groups -OCH3 is 1. The van der Waals surface area contributed by atoms with E-state index in [1.165, 1.54) is 6.92 Å². The zero-order valence-electron chi connectivity index (χ0n) is 12.3. The minimum atomic E-state index is -0.850. The second kappa shape index (κ2) is 7.05. The number of carboxylic acids is 1. The molecule has 1 aromatic carbocycles. The average Bonchev–Trinajstić information content (AvgIpc) is 2.38. The minimum Gasteiger partial charge on any atom is -0.496 e. The Morgan fingerprint density at radius 3 is 2.50 bits per heavy atom. The van der Waals surface area contributed by atoms with Gasteiger partial charge in [0.2, 0.25) is 0 Å². The first-order valence-corrected chi connectivity index (χ1v) is 6.51. The summed E-state index contributed by atoms with van der Waals surface area (Å²) in [6, 6.07) is 4.65. The van der Waals surface area contributed by atoms with E-state index < -0.39 is 12.0 Å². The molecular weight excluding hydrogens is 258 g/mol. The molecule has 1 unspecified atom stereocenters.